The second-order valence-corrected chi connectivity index (χ2v) is 13.4. The third-order valence-electron chi connectivity index (χ3n) is 7.17. The van der Waals surface area contributed by atoms with Crippen LogP contribution in [0.2, 0.25) is 0 Å². The maximum Gasteiger partial charge on any atom is 0.230 e. The Morgan fingerprint density at radius 1 is 1.23 bits per heavy atom. The van der Waals surface area contributed by atoms with Crippen molar-refractivity contribution in [3.8, 4) is 6.07 Å². The molecule has 0 spiro atoms. The van der Waals surface area contributed by atoms with Crippen molar-refractivity contribution >= 4 is 32.2 Å². The van der Waals surface area contributed by atoms with Crippen LogP contribution >= 0.6 is 11.3 Å². The fourth-order valence-corrected chi connectivity index (χ4v) is 7.20. The number of nitrogens with one attached hydrogen (secondary N) is 1. The molecule has 1 aliphatic carbocycles. The summed E-state index contributed by atoms with van der Waals surface area (Å²) in [6.07, 6.45) is 4.42. The van der Waals surface area contributed by atoms with Crippen molar-refractivity contribution < 1.29 is 13.2 Å². The average Bonchev–Trinajstić information content (AvgIpc) is 3.36. The lowest BCUT2D eigenvalue weighted by molar-refractivity contribution is -0.115. The van der Waals surface area contributed by atoms with Crippen LogP contribution in [0.3, 0.4) is 0 Å². The Bertz CT molecular complexity index is 1190. The van der Waals surface area contributed by atoms with Crippen LogP contribution < -0.4 is 5.32 Å². The Morgan fingerprint density at radius 2 is 1.91 bits per heavy atom. The van der Waals surface area contributed by atoms with Crippen molar-refractivity contribution in [1.29, 1.82) is 5.26 Å². The molecule has 0 saturated heterocycles. The fraction of sp³-hybridized carbons (Fsp3) is 0.577. The molecule has 188 valence electrons. The number of sulfone groups is 1. The Kier molecular flexibility index (Phi) is 7.94. The molecule has 0 radical (unpaired) electrons. The highest BCUT2D eigenvalue weighted by molar-refractivity contribution is 7.91. The maximum absolute atomic E-state index is 12.6. The highest BCUT2D eigenvalue weighted by Gasteiger charge is 2.37. The number of rotatable bonds is 8. The lowest BCUT2D eigenvalue weighted by atomic mass is 9.82. The molecule has 2 heterocycles. The number of nitrogens with zero attached hydrogens (tertiary/aromatic N) is 3. The van der Waals surface area contributed by atoms with Gasteiger partial charge in [0, 0.05) is 23.9 Å². The van der Waals surface area contributed by atoms with Gasteiger partial charge in [0.2, 0.25) is 5.91 Å². The molecule has 1 saturated carbocycles. The Balaban J connectivity index is 1.37. The Morgan fingerprint density at radius 3 is 2.51 bits per heavy atom. The molecule has 7 nitrogen and oxygen atoms in total. The van der Waals surface area contributed by atoms with Gasteiger partial charge in [-0.3, -0.25) is 9.69 Å². The van der Waals surface area contributed by atoms with Crippen molar-refractivity contribution in [2.45, 2.75) is 70.4 Å². The minimum atomic E-state index is -3.25. The van der Waals surface area contributed by atoms with Crippen LogP contribution in [-0.2, 0) is 27.6 Å². The maximum atomic E-state index is 12.6. The molecular weight excluding hydrogens is 480 g/mol. The number of carbonyl (C=O) groups is 1. The molecule has 2 aromatic rings. The van der Waals surface area contributed by atoms with E-state index >= 15 is 0 Å². The van der Waals surface area contributed by atoms with Gasteiger partial charge in [-0.15, -0.1) is 11.3 Å². The number of fused-ring (bicyclic) bond motifs is 1. The fourth-order valence-electron chi connectivity index (χ4n) is 5.27. The minimum absolute atomic E-state index is 0.0542. The number of carbonyl (C=O) groups excluding carboxylic acids is 1. The van der Waals surface area contributed by atoms with E-state index in [9.17, 15) is 13.2 Å². The van der Waals surface area contributed by atoms with E-state index in [-0.39, 0.29) is 34.9 Å². The van der Waals surface area contributed by atoms with Crippen molar-refractivity contribution in [2.75, 3.05) is 17.6 Å². The summed E-state index contributed by atoms with van der Waals surface area (Å²) in [5.41, 5.74) is 1.85. The number of aromatic nitrogens is 1. The molecule has 1 amide bonds. The van der Waals surface area contributed by atoms with E-state index in [1.54, 1.807) is 42.5 Å². The Labute approximate surface area is 212 Å². The number of hydrogen-bond acceptors (Lipinski definition) is 7. The topological polar surface area (TPSA) is 103 Å². The first-order chi connectivity index (χ1) is 16.7. The lowest BCUT2D eigenvalue weighted by Gasteiger charge is -2.33. The van der Waals surface area contributed by atoms with Gasteiger partial charge in [-0.2, -0.15) is 5.26 Å². The zero-order valence-electron chi connectivity index (χ0n) is 20.7. The standard InChI is InChI=1S/C26H34N4O3S2/c1-4-35(32,33)21-11-9-18(10-12-21)13-23(31)28-26-29-24-22(34-26)16-30(25(24)17(2)3)15-20-7-5-19(14-27)6-8-20/h9-12,17,19-20,25H,4-8,13,15-16H2,1-3H3,(H,28,29,31)/t19?,20?,25-/m0/s1. The summed E-state index contributed by atoms with van der Waals surface area (Å²) in [6, 6.07) is 9.18. The van der Waals surface area contributed by atoms with Gasteiger partial charge in [0.05, 0.1) is 34.9 Å². The van der Waals surface area contributed by atoms with E-state index in [1.165, 1.54) is 4.88 Å². The quantitative estimate of drug-likeness (QED) is 0.534. The van der Waals surface area contributed by atoms with Gasteiger partial charge in [0.25, 0.3) is 0 Å². The molecule has 1 fully saturated rings. The van der Waals surface area contributed by atoms with E-state index in [0.717, 1.165) is 50.0 Å². The first-order valence-electron chi connectivity index (χ1n) is 12.4. The van der Waals surface area contributed by atoms with Crippen molar-refractivity contribution in [3.63, 3.8) is 0 Å². The first-order valence-corrected chi connectivity index (χ1v) is 14.9. The zero-order valence-corrected chi connectivity index (χ0v) is 22.3. The molecule has 9 heteroatoms. The smallest absolute Gasteiger partial charge is 0.230 e. The summed E-state index contributed by atoms with van der Waals surface area (Å²) in [5.74, 6) is 1.17. The molecule has 2 aliphatic rings. The number of nitriles is 1. The number of benzene rings is 1. The highest BCUT2D eigenvalue weighted by atomic mass is 32.2. The predicted octanol–water partition coefficient (Wildman–Crippen LogP) is 4.96. The summed E-state index contributed by atoms with van der Waals surface area (Å²) in [5, 5.41) is 12.7. The lowest BCUT2D eigenvalue weighted by Crippen LogP contribution is -2.33. The van der Waals surface area contributed by atoms with Crippen molar-refractivity contribution in [2.24, 2.45) is 17.8 Å². The SMILES string of the molecule is CCS(=O)(=O)c1ccc(CC(=O)Nc2nc3c(s2)CN(CC2CCC(C#N)CC2)[C@H]3C(C)C)cc1. The van der Waals surface area contributed by atoms with Crippen LogP contribution in [0.1, 0.15) is 68.6 Å². The van der Waals surface area contributed by atoms with Crippen LogP contribution in [0.5, 0.6) is 0 Å². The number of anilines is 1. The van der Waals surface area contributed by atoms with Gasteiger partial charge < -0.3 is 5.32 Å². The van der Waals surface area contributed by atoms with Gasteiger partial charge in [-0.25, -0.2) is 13.4 Å². The number of amides is 1. The summed E-state index contributed by atoms with van der Waals surface area (Å²) in [6.45, 7) is 7.96. The first kappa shape index (κ1) is 25.8. The van der Waals surface area contributed by atoms with Crippen molar-refractivity contribution in [3.05, 3.63) is 40.4 Å². The summed E-state index contributed by atoms with van der Waals surface area (Å²) >= 11 is 1.55. The summed E-state index contributed by atoms with van der Waals surface area (Å²) in [4.78, 5) is 21.5. The van der Waals surface area contributed by atoms with E-state index in [2.05, 4.69) is 30.1 Å². The summed E-state index contributed by atoms with van der Waals surface area (Å²) in [7, 11) is -3.25. The molecule has 1 N–H and O–H groups in total. The average molecular weight is 515 g/mol. The largest absolute Gasteiger partial charge is 0.302 e. The highest BCUT2D eigenvalue weighted by Crippen LogP contribution is 2.43. The normalized spacial score (nSPS) is 22.7. The second-order valence-electron chi connectivity index (χ2n) is 10.1. The van der Waals surface area contributed by atoms with Gasteiger partial charge in [-0.05, 0) is 55.2 Å². The molecular formula is C26H34N4O3S2. The van der Waals surface area contributed by atoms with Crippen LogP contribution in [-0.4, -0.2) is 36.5 Å². The van der Waals surface area contributed by atoms with Crippen molar-refractivity contribution in [1.82, 2.24) is 9.88 Å². The van der Waals surface area contributed by atoms with Gasteiger partial charge in [0.15, 0.2) is 15.0 Å². The zero-order chi connectivity index (χ0) is 25.2. The van der Waals surface area contributed by atoms with Gasteiger partial charge in [-0.1, -0.05) is 32.9 Å². The van der Waals surface area contributed by atoms with E-state index in [4.69, 9.17) is 10.2 Å². The van der Waals surface area contributed by atoms with Crippen LogP contribution in [0.15, 0.2) is 29.2 Å². The monoisotopic (exact) mass is 514 g/mol. The van der Waals surface area contributed by atoms with Gasteiger partial charge >= 0.3 is 0 Å². The molecule has 1 atom stereocenters. The van der Waals surface area contributed by atoms with E-state index in [0.29, 0.717) is 17.0 Å². The van der Waals surface area contributed by atoms with E-state index < -0.39 is 9.84 Å². The third kappa shape index (κ3) is 5.93. The summed E-state index contributed by atoms with van der Waals surface area (Å²) < 4.78 is 24.0. The minimum Gasteiger partial charge on any atom is -0.302 e. The van der Waals surface area contributed by atoms with Crippen LogP contribution in [0.25, 0.3) is 0 Å². The third-order valence-corrected chi connectivity index (χ3v) is 9.90. The van der Waals surface area contributed by atoms with Crippen LogP contribution in [0, 0.1) is 29.1 Å². The van der Waals surface area contributed by atoms with Crippen LogP contribution in [0.4, 0.5) is 5.13 Å². The molecule has 4 rings (SSSR count). The molecule has 1 aromatic carbocycles. The number of thiazole rings is 1. The number of hydrogen-bond donors (Lipinski definition) is 1. The Hall–Kier alpha value is -2.28. The molecule has 1 aliphatic heterocycles. The molecule has 1 aromatic heterocycles. The molecule has 0 bridgehead atoms. The predicted molar refractivity (Wildman–Crippen MR) is 138 cm³/mol. The molecule has 35 heavy (non-hydrogen) atoms. The van der Waals surface area contributed by atoms with Gasteiger partial charge in [0.1, 0.15) is 0 Å². The molecule has 0 unspecified atom stereocenters. The second kappa shape index (κ2) is 10.8. The van der Waals surface area contributed by atoms with E-state index in [1.807, 2.05) is 0 Å².